The molecule has 8 heteroatoms. The molecule has 0 aliphatic carbocycles. The lowest BCUT2D eigenvalue weighted by molar-refractivity contribution is 0.0615. The molecule has 1 aliphatic rings. The fourth-order valence-electron chi connectivity index (χ4n) is 3.84. The van der Waals surface area contributed by atoms with Crippen LogP contribution >= 0.6 is 22.7 Å². The number of para-hydroxylation sites is 1. The topological polar surface area (TPSA) is 63.9 Å². The highest BCUT2D eigenvalue weighted by Crippen LogP contribution is 2.38. The van der Waals surface area contributed by atoms with Crippen molar-refractivity contribution in [3.8, 4) is 10.6 Å². The van der Waals surface area contributed by atoms with E-state index in [2.05, 4.69) is 16.1 Å². The lowest BCUT2D eigenvalue weighted by Gasteiger charge is -2.34. The molecule has 1 aromatic carbocycles. The number of carbonyl (C=O) groups is 1. The molecule has 0 bridgehead atoms. The van der Waals surface area contributed by atoms with Crippen LogP contribution in [0.25, 0.3) is 20.8 Å². The van der Waals surface area contributed by atoms with Gasteiger partial charge in [0, 0.05) is 25.4 Å². The number of aryl methyl sites for hydroxylation is 2. The van der Waals surface area contributed by atoms with Gasteiger partial charge in [-0.3, -0.25) is 9.48 Å². The van der Waals surface area contributed by atoms with Crippen molar-refractivity contribution < 1.29 is 4.79 Å². The number of nitrogens with zero attached hydrogens (tertiary/aromatic N) is 5. The predicted octanol–water partition coefficient (Wildman–Crippen LogP) is 4.83. The number of likely N-dealkylation sites (tertiary alicyclic amines) is 1. The van der Waals surface area contributed by atoms with Crippen LogP contribution in [0.2, 0.25) is 0 Å². The number of hydrogen-bond acceptors (Lipinski definition) is 6. The van der Waals surface area contributed by atoms with Crippen LogP contribution in [0.4, 0.5) is 0 Å². The zero-order valence-corrected chi connectivity index (χ0v) is 18.0. The highest BCUT2D eigenvalue weighted by atomic mass is 32.1. The first-order valence-electron chi connectivity index (χ1n) is 9.73. The molecule has 1 unspecified atom stereocenters. The highest BCUT2D eigenvalue weighted by molar-refractivity contribution is 7.18. The fraction of sp³-hybridized carbons (Fsp3) is 0.333. The standard InChI is InChI=1S/C21H21N5OS2/c1-13-18(29-19(23-13)14-11-22-25(2)12-14)21(27)26-10-6-5-8-16(26)20-24-15-7-3-4-9-17(15)28-20/h3-4,7,9,11-12,16H,5-6,8,10H2,1-2H3. The van der Waals surface area contributed by atoms with Crippen LogP contribution < -0.4 is 0 Å². The monoisotopic (exact) mass is 423 g/mol. The third-order valence-electron chi connectivity index (χ3n) is 5.30. The number of fused-ring (bicyclic) bond motifs is 1. The molecule has 4 aromatic rings. The molecule has 1 amide bonds. The summed E-state index contributed by atoms with van der Waals surface area (Å²) in [6, 6.07) is 8.22. The average molecular weight is 424 g/mol. The van der Waals surface area contributed by atoms with Crippen molar-refractivity contribution in [1.29, 1.82) is 0 Å². The van der Waals surface area contributed by atoms with Crippen LogP contribution in [-0.2, 0) is 7.05 Å². The largest absolute Gasteiger partial charge is 0.328 e. The smallest absolute Gasteiger partial charge is 0.266 e. The molecule has 0 N–H and O–H groups in total. The van der Waals surface area contributed by atoms with Gasteiger partial charge in [-0.05, 0) is 38.3 Å². The lowest BCUT2D eigenvalue weighted by Crippen LogP contribution is -2.38. The molecular weight excluding hydrogens is 402 g/mol. The van der Waals surface area contributed by atoms with Gasteiger partial charge >= 0.3 is 0 Å². The summed E-state index contributed by atoms with van der Waals surface area (Å²) in [5.41, 5.74) is 2.74. The number of piperidine rings is 1. The summed E-state index contributed by atoms with van der Waals surface area (Å²) in [5, 5.41) is 6.10. The van der Waals surface area contributed by atoms with Crippen LogP contribution in [0.5, 0.6) is 0 Å². The van der Waals surface area contributed by atoms with Gasteiger partial charge in [0.05, 0.1) is 28.1 Å². The molecule has 0 radical (unpaired) electrons. The summed E-state index contributed by atoms with van der Waals surface area (Å²) < 4.78 is 2.93. The van der Waals surface area contributed by atoms with Crippen molar-refractivity contribution in [3.63, 3.8) is 0 Å². The molecule has 3 aromatic heterocycles. The van der Waals surface area contributed by atoms with E-state index in [4.69, 9.17) is 4.98 Å². The zero-order valence-electron chi connectivity index (χ0n) is 16.3. The van der Waals surface area contributed by atoms with Crippen LogP contribution in [0.1, 0.15) is 45.7 Å². The van der Waals surface area contributed by atoms with Gasteiger partial charge < -0.3 is 4.90 Å². The van der Waals surface area contributed by atoms with Gasteiger partial charge in [-0.15, -0.1) is 22.7 Å². The Kier molecular flexibility index (Phi) is 4.67. The van der Waals surface area contributed by atoms with Gasteiger partial charge in [0.1, 0.15) is 14.9 Å². The second-order valence-corrected chi connectivity index (χ2v) is 9.43. The first-order valence-corrected chi connectivity index (χ1v) is 11.4. The second kappa shape index (κ2) is 7.35. The third-order valence-corrected chi connectivity index (χ3v) is 7.63. The van der Waals surface area contributed by atoms with E-state index in [0.29, 0.717) is 0 Å². The van der Waals surface area contributed by atoms with Gasteiger partial charge in [0.2, 0.25) is 0 Å². The molecule has 0 saturated carbocycles. The van der Waals surface area contributed by atoms with Crippen LogP contribution in [-0.4, -0.2) is 37.1 Å². The molecule has 1 atom stereocenters. The van der Waals surface area contributed by atoms with Gasteiger partial charge in [-0.25, -0.2) is 9.97 Å². The highest BCUT2D eigenvalue weighted by Gasteiger charge is 2.33. The maximum absolute atomic E-state index is 13.5. The Balaban J connectivity index is 1.48. The predicted molar refractivity (Wildman–Crippen MR) is 116 cm³/mol. The van der Waals surface area contributed by atoms with E-state index in [1.165, 1.54) is 16.0 Å². The summed E-state index contributed by atoms with van der Waals surface area (Å²) in [4.78, 5) is 25.7. The molecule has 0 spiro atoms. The number of hydrogen-bond donors (Lipinski definition) is 0. The number of benzene rings is 1. The lowest BCUT2D eigenvalue weighted by atomic mass is 10.0. The van der Waals surface area contributed by atoms with E-state index >= 15 is 0 Å². The quantitative estimate of drug-likeness (QED) is 0.473. The Labute approximate surface area is 176 Å². The molecule has 148 valence electrons. The van der Waals surface area contributed by atoms with Crippen molar-refractivity contribution in [3.05, 3.63) is 52.2 Å². The zero-order chi connectivity index (χ0) is 20.0. The minimum atomic E-state index is 0.0389. The van der Waals surface area contributed by atoms with Crippen LogP contribution in [0, 0.1) is 6.92 Å². The molecule has 1 fully saturated rings. The normalized spacial score (nSPS) is 17.2. The van der Waals surface area contributed by atoms with E-state index in [9.17, 15) is 4.79 Å². The number of amides is 1. The molecule has 1 aliphatic heterocycles. The fourth-order valence-corrected chi connectivity index (χ4v) is 5.96. The van der Waals surface area contributed by atoms with Crippen LogP contribution in [0.15, 0.2) is 36.7 Å². The number of thiazole rings is 2. The Morgan fingerprint density at radius 3 is 2.83 bits per heavy atom. The third kappa shape index (κ3) is 3.36. The van der Waals surface area contributed by atoms with Crippen molar-refractivity contribution in [2.45, 2.75) is 32.2 Å². The maximum Gasteiger partial charge on any atom is 0.266 e. The molecular formula is C21H21N5OS2. The summed E-state index contributed by atoms with van der Waals surface area (Å²) in [6.45, 7) is 2.68. The Morgan fingerprint density at radius 1 is 1.17 bits per heavy atom. The minimum absolute atomic E-state index is 0.0389. The van der Waals surface area contributed by atoms with E-state index < -0.39 is 0 Å². The summed E-state index contributed by atoms with van der Waals surface area (Å²) in [7, 11) is 1.88. The number of carbonyl (C=O) groups excluding carboxylic acids is 1. The molecule has 1 saturated heterocycles. The first kappa shape index (κ1) is 18.4. The maximum atomic E-state index is 13.5. The summed E-state index contributed by atoms with van der Waals surface area (Å²) in [5.74, 6) is 0.0686. The van der Waals surface area contributed by atoms with Crippen molar-refractivity contribution in [2.75, 3.05) is 6.54 Å². The minimum Gasteiger partial charge on any atom is -0.328 e. The Bertz CT molecular complexity index is 1160. The van der Waals surface area contributed by atoms with Gasteiger partial charge in [0.25, 0.3) is 5.91 Å². The van der Waals surface area contributed by atoms with Gasteiger partial charge in [-0.1, -0.05) is 12.1 Å². The second-order valence-electron chi connectivity index (χ2n) is 7.37. The first-order chi connectivity index (χ1) is 14.1. The van der Waals surface area contributed by atoms with Crippen molar-refractivity contribution in [2.24, 2.45) is 7.05 Å². The van der Waals surface area contributed by atoms with Crippen LogP contribution in [0.3, 0.4) is 0 Å². The molecule has 29 heavy (non-hydrogen) atoms. The summed E-state index contributed by atoms with van der Waals surface area (Å²) >= 11 is 3.16. The number of aromatic nitrogens is 4. The number of rotatable bonds is 3. The van der Waals surface area contributed by atoms with E-state index in [1.54, 1.807) is 22.2 Å². The van der Waals surface area contributed by atoms with E-state index in [-0.39, 0.29) is 11.9 Å². The van der Waals surface area contributed by atoms with E-state index in [1.807, 2.05) is 43.3 Å². The Hall–Kier alpha value is -2.58. The van der Waals surface area contributed by atoms with Gasteiger partial charge in [-0.2, -0.15) is 5.10 Å². The van der Waals surface area contributed by atoms with Crippen molar-refractivity contribution >= 4 is 38.8 Å². The van der Waals surface area contributed by atoms with Crippen molar-refractivity contribution in [1.82, 2.24) is 24.6 Å². The molecule has 5 rings (SSSR count). The van der Waals surface area contributed by atoms with Gasteiger partial charge in [0.15, 0.2) is 0 Å². The average Bonchev–Trinajstić information content (AvgIpc) is 3.45. The SMILES string of the molecule is Cc1nc(-c2cnn(C)c2)sc1C(=O)N1CCCCC1c1nc2ccccc2s1. The summed E-state index contributed by atoms with van der Waals surface area (Å²) in [6.07, 6.45) is 6.82. The van der Waals surface area contributed by atoms with E-state index in [0.717, 1.165) is 57.5 Å². The Morgan fingerprint density at radius 2 is 2.03 bits per heavy atom. The molecule has 4 heterocycles. The molecule has 6 nitrogen and oxygen atoms in total.